The summed E-state index contributed by atoms with van der Waals surface area (Å²) in [7, 11) is 0. The van der Waals surface area contributed by atoms with Crippen LogP contribution in [0.1, 0.15) is 5.56 Å². The fourth-order valence-electron chi connectivity index (χ4n) is 4.21. The first-order chi connectivity index (χ1) is 16.7. The van der Waals surface area contributed by atoms with Crippen molar-refractivity contribution in [1.29, 1.82) is 0 Å². The second-order valence-corrected chi connectivity index (χ2v) is 9.23. The largest absolute Gasteiger partial charge is 0.355 e. The molecule has 0 saturated heterocycles. The van der Waals surface area contributed by atoms with E-state index in [2.05, 4.69) is 94.1 Å². The first-order valence-electron chi connectivity index (χ1n) is 11.1. The number of fused-ring (bicyclic) bond motifs is 2. The van der Waals surface area contributed by atoms with E-state index >= 15 is 0 Å². The number of anilines is 3. The molecule has 2 heterocycles. The van der Waals surface area contributed by atoms with Gasteiger partial charge in [-0.1, -0.05) is 61.2 Å². The molecule has 4 aromatic carbocycles. The van der Waals surface area contributed by atoms with Crippen molar-refractivity contribution < 1.29 is 0 Å². The van der Waals surface area contributed by atoms with Crippen LogP contribution in [-0.4, -0.2) is 10.2 Å². The summed E-state index contributed by atoms with van der Waals surface area (Å²) < 4.78 is 1.27. The van der Waals surface area contributed by atoms with Crippen LogP contribution < -0.4 is 10.6 Å². The van der Waals surface area contributed by atoms with Crippen molar-refractivity contribution in [1.82, 2.24) is 10.2 Å². The summed E-state index contributed by atoms with van der Waals surface area (Å²) in [5.41, 5.74) is 7.01. The molecule has 0 aliphatic rings. The first kappa shape index (κ1) is 20.3. The topological polar surface area (TPSA) is 52.7 Å². The third-order valence-corrected chi connectivity index (χ3v) is 6.99. The molecule has 0 amide bonds. The highest BCUT2D eigenvalue weighted by atomic mass is 32.1. The van der Waals surface area contributed by atoms with E-state index in [1.165, 1.54) is 15.0 Å². The number of hydrogen-bond acceptors (Lipinski definition) is 4. The van der Waals surface area contributed by atoms with Crippen LogP contribution in [0.4, 0.5) is 17.1 Å². The Balaban J connectivity index is 1.36. The van der Waals surface area contributed by atoms with Gasteiger partial charge >= 0.3 is 0 Å². The molecule has 0 spiro atoms. The van der Waals surface area contributed by atoms with Crippen LogP contribution in [0.5, 0.6) is 0 Å². The van der Waals surface area contributed by atoms with Crippen LogP contribution in [0.2, 0.25) is 0 Å². The molecule has 0 aliphatic heterocycles. The average molecular weight is 459 g/mol. The van der Waals surface area contributed by atoms with Crippen molar-refractivity contribution in [3.8, 4) is 10.4 Å². The molecule has 0 radical (unpaired) electrons. The fraction of sp³-hybridized carbons (Fsp3) is 0. The molecule has 0 fully saturated rings. The Hall–Kier alpha value is -4.35. The molecule has 164 valence electrons. The minimum atomic E-state index is 0.823. The lowest BCUT2D eigenvalue weighted by Crippen LogP contribution is -2.02. The molecule has 0 bridgehead atoms. The first-order valence-corrected chi connectivity index (χ1v) is 11.9. The number of aromatic amines is 1. The summed E-state index contributed by atoms with van der Waals surface area (Å²) in [5, 5.41) is 16.8. The Bertz CT molecular complexity index is 1600. The Kier molecular flexibility index (Phi) is 5.09. The molecule has 2 aromatic heterocycles. The maximum Gasteiger partial charge on any atom is 0.0738 e. The summed E-state index contributed by atoms with van der Waals surface area (Å²) >= 11 is 1.79. The maximum atomic E-state index is 4.36. The minimum absolute atomic E-state index is 0.823. The van der Waals surface area contributed by atoms with Gasteiger partial charge < -0.3 is 10.6 Å². The summed E-state index contributed by atoms with van der Waals surface area (Å²) in [4.78, 5) is 1.20. The standard InChI is InChI=1S/C29H22N4S/c1-19(24-12-6-7-13-26(24)32-22-10-3-2-4-11-22)31-23-15-21-18-30-33-29(21)25(17-23)28-16-20-9-5-8-14-27(20)34-28/h2-18,31-32H,1H2,(H,30,33). The van der Waals surface area contributed by atoms with E-state index in [1.54, 1.807) is 11.3 Å². The van der Waals surface area contributed by atoms with Gasteiger partial charge in [0.25, 0.3) is 0 Å². The highest BCUT2D eigenvalue weighted by Crippen LogP contribution is 2.39. The van der Waals surface area contributed by atoms with Gasteiger partial charge in [-0.05, 0) is 47.9 Å². The summed E-state index contributed by atoms with van der Waals surface area (Å²) in [6, 6.07) is 33.3. The van der Waals surface area contributed by atoms with E-state index < -0.39 is 0 Å². The Morgan fingerprint density at radius 3 is 2.47 bits per heavy atom. The molecule has 4 nitrogen and oxygen atoms in total. The molecule has 6 rings (SSSR count). The minimum Gasteiger partial charge on any atom is -0.355 e. The molecular formula is C29H22N4S. The van der Waals surface area contributed by atoms with Crippen molar-refractivity contribution >= 4 is 55.1 Å². The van der Waals surface area contributed by atoms with Crippen LogP contribution in [-0.2, 0) is 0 Å². The van der Waals surface area contributed by atoms with Gasteiger partial charge in [-0.25, -0.2) is 0 Å². The van der Waals surface area contributed by atoms with Crippen molar-refractivity contribution in [2.24, 2.45) is 0 Å². The number of thiophene rings is 1. The van der Waals surface area contributed by atoms with E-state index in [-0.39, 0.29) is 0 Å². The lowest BCUT2D eigenvalue weighted by atomic mass is 10.1. The van der Waals surface area contributed by atoms with E-state index in [4.69, 9.17) is 0 Å². The predicted molar refractivity (Wildman–Crippen MR) is 146 cm³/mol. The predicted octanol–water partition coefficient (Wildman–Crippen LogP) is 8.27. The second kappa shape index (κ2) is 8.54. The Morgan fingerprint density at radius 1 is 0.794 bits per heavy atom. The van der Waals surface area contributed by atoms with Crippen LogP contribution in [0.25, 0.3) is 37.1 Å². The van der Waals surface area contributed by atoms with Crippen molar-refractivity contribution in [3.05, 3.63) is 115 Å². The number of H-pyrrole nitrogens is 1. The van der Waals surface area contributed by atoms with Gasteiger partial charge in [0, 0.05) is 48.8 Å². The SMILES string of the molecule is C=C(Nc1cc(-c2cc3ccccc3s2)c2[nH]ncc2c1)c1ccccc1Nc1ccccc1. The lowest BCUT2D eigenvalue weighted by molar-refractivity contribution is 1.12. The molecule has 34 heavy (non-hydrogen) atoms. The van der Waals surface area contributed by atoms with Crippen molar-refractivity contribution in [2.75, 3.05) is 10.6 Å². The molecule has 0 atom stereocenters. The number of para-hydroxylation sites is 2. The normalized spacial score (nSPS) is 11.1. The number of rotatable bonds is 6. The van der Waals surface area contributed by atoms with Gasteiger partial charge in [0.2, 0.25) is 0 Å². The summed E-state index contributed by atoms with van der Waals surface area (Å²) in [6.07, 6.45) is 1.87. The fourth-order valence-corrected chi connectivity index (χ4v) is 5.30. The average Bonchev–Trinajstić information content (AvgIpc) is 3.51. The summed E-state index contributed by atoms with van der Waals surface area (Å²) in [5.74, 6) is 0. The third kappa shape index (κ3) is 3.83. The zero-order valence-electron chi connectivity index (χ0n) is 18.4. The van der Waals surface area contributed by atoms with Crippen molar-refractivity contribution in [2.45, 2.75) is 0 Å². The van der Waals surface area contributed by atoms with Gasteiger partial charge in [0.05, 0.1) is 11.7 Å². The van der Waals surface area contributed by atoms with E-state index in [1.807, 2.05) is 36.5 Å². The number of hydrogen-bond donors (Lipinski definition) is 3. The molecular weight excluding hydrogens is 436 g/mol. The quantitative estimate of drug-likeness (QED) is 0.235. The van der Waals surface area contributed by atoms with Crippen LogP contribution in [0.15, 0.2) is 110 Å². The molecule has 5 heteroatoms. The smallest absolute Gasteiger partial charge is 0.0738 e. The van der Waals surface area contributed by atoms with Gasteiger partial charge in [-0.3, -0.25) is 5.10 Å². The Morgan fingerprint density at radius 2 is 1.59 bits per heavy atom. The molecule has 3 N–H and O–H groups in total. The second-order valence-electron chi connectivity index (χ2n) is 8.15. The van der Waals surface area contributed by atoms with Crippen LogP contribution in [0.3, 0.4) is 0 Å². The highest BCUT2D eigenvalue weighted by Gasteiger charge is 2.13. The molecule has 0 unspecified atom stereocenters. The molecule has 6 aromatic rings. The van der Waals surface area contributed by atoms with Gasteiger partial charge in [-0.2, -0.15) is 5.10 Å². The van der Waals surface area contributed by atoms with Crippen LogP contribution in [0, 0.1) is 0 Å². The highest BCUT2D eigenvalue weighted by molar-refractivity contribution is 7.22. The van der Waals surface area contributed by atoms with E-state index in [9.17, 15) is 0 Å². The number of aromatic nitrogens is 2. The van der Waals surface area contributed by atoms with Crippen molar-refractivity contribution in [3.63, 3.8) is 0 Å². The number of benzene rings is 4. The zero-order chi connectivity index (χ0) is 22.9. The monoisotopic (exact) mass is 458 g/mol. The van der Waals surface area contributed by atoms with E-state index in [0.29, 0.717) is 0 Å². The Labute approximate surface area is 201 Å². The number of nitrogens with zero attached hydrogens (tertiary/aromatic N) is 1. The number of nitrogens with one attached hydrogen (secondary N) is 3. The maximum absolute atomic E-state index is 4.36. The third-order valence-electron chi connectivity index (χ3n) is 5.84. The van der Waals surface area contributed by atoms with Gasteiger partial charge in [0.15, 0.2) is 0 Å². The zero-order valence-corrected chi connectivity index (χ0v) is 19.2. The van der Waals surface area contributed by atoms with Gasteiger partial charge in [-0.15, -0.1) is 11.3 Å². The lowest BCUT2D eigenvalue weighted by Gasteiger charge is -2.16. The molecule has 0 saturated carbocycles. The van der Waals surface area contributed by atoms with E-state index in [0.717, 1.165) is 44.8 Å². The summed E-state index contributed by atoms with van der Waals surface area (Å²) in [6.45, 7) is 4.36. The molecule has 0 aliphatic carbocycles. The van der Waals surface area contributed by atoms with Gasteiger partial charge in [0.1, 0.15) is 0 Å². The van der Waals surface area contributed by atoms with Crippen LogP contribution >= 0.6 is 11.3 Å².